The highest BCUT2D eigenvalue weighted by atomic mass is 35.5. The minimum Gasteiger partial charge on any atom is -0.334 e. The Morgan fingerprint density at radius 1 is 1.41 bits per heavy atom. The molecule has 0 radical (unpaired) electrons. The number of carbonyl (C=O) groups is 1. The minimum absolute atomic E-state index is 0.0232. The van der Waals surface area contributed by atoms with E-state index < -0.39 is 17.8 Å². The molecule has 0 aliphatic carbocycles. The van der Waals surface area contributed by atoms with Crippen LogP contribution < -0.4 is 15.5 Å². The van der Waals surface area contributed by atoms with Gasteiger partial charge in [0.1, 0.15) is 0 Å². The maximum absolute atomic E-state index is 12.8. The number of nitrogens with one attached hydrogen (secondary N) is 2. The number of amides is 2. The summed E-state index contributed by atoms with van der Waals surface area (Å²) in [7, 11) is 1.41. The molecule has 1 atom stereocenters. The van der Waals surface area contributed by atoms with Crippen LogP contribution in [0.2, 0.25) is 5.02 Å². The van der Waals surface area contributed by atoms with Gasteiger partial charge in [-0.3, -0.25) is 4.90 Å². The Hall–Kier alpha value is -1.47. The largest absolute Gasteiger partial charge is 0.416 e. The summed E-state index contributed by atoms with van der Waals surface area (Å²) < 4.78 is 38.4. The minimum atomic E-state index is -4.51. The number of anilines is 1. The maximum Gasteiger partial charge on any atom is 0.416 e. The van der Waals surface area contributed by atoms with Crippen LogP contribution >= 0.6 is 11.6 Å². The SMILES string of the molecule is CN(C(=O)NC1CCCNC1)c1cc(Cl)cc(C(F)(F)F)c1. The molecule has 122 valence electrons. The molecule has 0 saturated carbocycles. The molecule has 1 unspecified atom stereocenters. The van der Waals surface area contributed by atoms with Gasteiger partial charge >= 0.3 is 12.2 Å². The van der Waals surface area contributed by atoms with E-state index in [1.54, 1.807) is 0 Å². The van der Waals surface area contributed by atoms with Crippen molar-refractivity contribution in [2.75, 3.05) is 25.0 Å². The first kappa shape index (κ1) is 16.9. The van der Waals surface area contributed by atoms with Crippen LogP contribution in [0.5, 0.6) is 0 Å². The van der Waals surface area contributed by atoms with E-state index in [9.17, 15) is 18.0 Å². The van der Waals surface area contributed by atoms with Crippen molar-refractivity contribution in [3.8, 4) is 0 Å². The molecule has 2 rings (SSSR count). The van der Waals surface area contributed by atoms with Crippen LogP contribution in [0, 0.1) is 0 Å². The molecule has 4 nitrogen and oxygen atoms in total. The summed E-state index contributed by atoms with van der Waals surface area (Å²) in [6, 6.07) is 2.59. The second kappa shape index (κ2) is 6.75. The van der Waals surface area contributed by atoms with E-state index in [0.717, 1.165) is 36.4 Å². The van der Waals surface area contributed by atoms with Crippen molar-refractivity contribution in [3.63, 3.8) is 0 Å². The van der Waals surface area contributed by atoms with Crippen LogP contribution in [0.4, 0.5) is 23.7 Å². The van der Waals surface area contributed by atoms with Crippen molar-refractivity contribution in [1.29, 1.82) is 0 Å². The van der Waals surface area contributed by atoms with Gasteiger partial charge in [-0.05, 0) is 37.6 Å². The molecule has 1 aliphatic heterocycles. The van der Waals surface area contributed by atoms with E-state index in [-0.39, 0.29) is 16.8 Å². The fraction of sp³-hybridized carbons (Fsp3) is 0.500. The smallest absolute Gasteiger partial charge is 0.334 e. The van der Waals surface area contributed by atoms with Gasteiger partial charge < -0.3 is 10.6 Å². The van der Waals surface area contributed by atoms with E-state index in [1.165, 1.54) is 13.1 Å². The molecular weight excluding hydrogens is 319 g/mol. The Labute approximate surface area is 131 Å². The number of halogens is 4. The molecule has 2 amide bonds. The monoisotopic (exact) mass is 335 g/mol. The van der Waals surface area contributed by atoms with Crippen molar-refractivity contribution >= 4 is 23.3 Å². The molecule has 8 heteroatoms. The van der Waals surface area contributed by atoms with Gasteiger partial charge in [-0.2, -0.15) is 13.2 Å². The van der Waals surface area contributed by atoms with Crippen LogP contribution in [-0.2, 0) is 6.18 Å². The predicted molar refractivity (Wildman–Crippen MR) is 79.3 cm³/mol. The van der Waals surface area contributed by atoms with Gasteiger partial charge in [-0.15, -0.1) is 0 Å². The molecule has 2 N–H and O–H groups in total. The summed E-state index contributed by atoms with van der Waals surface area (Å²) in [6.45, 7) is 1.56. The Kier molecular flexibility index (Phi) is 5.18. The molecule has 1 aromatic carbocycles. The molecule has 1 heterocycles. The first-order valence-corrected chi connectivity index (χ1v) is 7.28. The average Bonchev–Trinajstić information content (AvgIpc) is 2.46. The van der Waals surface area contributed by atoms with E-state index >= 15 is 0 Å². The Balaban J connectivity index is 2.12. The number of alkyl halides is 3. The Morgan fingerprint density at radius 2 is 2.14 bits per heavy atom. The molecule has 0 aromatic heterocycles. The summed E-state index contributed by atoms with van der Waals surface area (Å²) in [5.41, 5.74) is -0.782. The molecule has 1 fully saturated rings. The third kappa shape index (κ3) is 4.27. The van der Waals surface area contributed by atoms with Crippen molar-refractivity contribution < 1.29 is 18.0 Å². The third-order valence-corrected chi connectivity index (χ3v) is 3.74. The van der Waals surface area contributed by atoms with Crippen LogP contribution in [0.1, 0.15) is 18.4 Å². The van der Waals surface area contributed by atoms with Crippen LogP contribution in [-0.4, -0.2) is 32.2 Å². The van der Waals surface area contributed by atoms with Gasteiger partial charge in [0.15, 0.2) is 0 Å². The Morgan fingerprint density at radius 3 is 2.73 bits per heavy atom. The van der Waals surface area contributed by atoms with Gasteiger partial charge in [0, 0.05) is 30.3 Å². The maximum atomic E-state index is 12.8. The molecular formula is C14H17ClF3N3O. The van der Waals surface area contributed by atoms with Gasteiger partial charge in [0.05, 0.1) is 5.56 Å². The second-order valence-electron chi connectivity index (χ2n) is 5.25. The quantitative estimate of drug-likeness (QED) is 0.871. The number of hydrogen-bond acceptors (Lipinski definition) is 2. The summed E-state index contributed by atoms with van der Waals surface area (Å²) >= 11 is 5.73. The number of piperidine rings is 1. The Bertz CT molecular complexity index is 545. The lowest BCUT2D eigenvalue weighted by molar-refractivity contribution is -0.137. The van der Waals surface area contributed by atoms with Gasteiger partial charge in [0.25, 0.3) is 0 Å². The first-order chi connectivity index (χ1) is 10.3. The molecule has 22 heavy (non-hydrogen) atoms. The number of nitrogens with zero attached hydrogens (tertiary/aromatic N) is 1. The van der Waals surface area contributed by atoms with Crippen molar-refractivity contribution in [3.05, 3.63) is 28.8 Å². The number of benzene rings is 1. The fourth-order valence-corrected chi connectivity index (χ4v) is 2.52. The number of carbonyl (C=O) groups excluding carboxylic acids is 1. The highest BCUT2D eigenvalue weighted by Crippen LogP contribution is 2.34. The molecule has 1 aromatic rings. The normalized spacial score (nSPS) is 18.9. The number of rotatable bonds is 2. The van der Waals surface area contributed by atoms with Crippen molar-refractivity contribution in [2.24, 2.45) is 0 Å². The second-order valence-corrected chi connectivity index (χ2v) is 5.68. The molecule has 1 saturated heterocycles. The van der Waals surface area contributed by atoms with E-state index in [4.69, 9.17) is 11.6 Å². The summed E-state index contributed by atoms with van der Waals surface area (Å²) in [5.74, 6) is 0. The highest BCUT2D eigenvalue weighted by molar-refractivity contribution is 6.31. The molecule has 1 aliphatic rings. The lowest BCUT2D eigenvalue weighted by atomic mass is 10.1. The lowest BCUT2D eigenvalue weighted by Crippen LogP contribution is -2.49. The zero-order chi connectivity index (χ0) is 16.3. The highest BCUT2D eigenvalue weighted by Gasteiger charge is 2.32. The standard InChI is InChI=1S/C14H17ClF3N3O/c1-21(13(22)20-11-3-2-4-19-8-11)12-6-9(14(16,17)18)5-10(15)7-12/h5-7,11,19H,2-4,8H2,1H3,(H,20,22). The topological polar surface area (TPSA) is 44.4 Å². The van der Waals surface area contributed by atoms with Gasteiger partial charge in [-0.1, -0.05) is 11.6 Å². The van der Waals surface area contributed by atoms with Crippen molar-refractivity contribution in [1.82, 2.24) is 10.6 Å². The van der Waals surface area contributed by atoms with E-state index in [2.05, 4.69) is 10.6 Å². The van der Waals surface area contributed by atoms with E-state index in [1.807, 2.05) is 0 Å². The number of hydrogen-bond donors (Lipinski definition) is 2. The molecule has 0 bridgehead atoms. The van der Waals surface area contributed by atoms with Gasteiger partial charge in [0.2, 0.25) is 0 Å². The summed E-state index contributed by atoms with van der Waals surface area (Å²) in [4.78, 5) is 13.3. The van der Waals surface area contributed by atoms with E-state index in [0.29, 0.717) is 6.54 Å². The van der Waals surface area contributed by atoms with Crippen LogP contribution in [0.15, 0.2) is 18.2 Å². The van der Waals surface area contributed by atoms with Crippen molar-refractivity contribution in [2.45, 2.75) is 25.1 Å². The summed E-state index contributed by atoms with van der Waals surface area (Å²) in [5, 5.41) is 5.88. The predicted octanol–water partition coefficient (Wildman–Crippen LogP) is 3.26. The lowest BCUT2D eigenvalue weighted by Gasteiger charge is -2.27. The summed E-state index contributed by atoms with van der Waals surface area (Å²) in [6.07, 6.45) is -2.72. The van der Waals surface area contributed by atoms with Crippen LogP contribution in [0.25, 0.3) is 0 Å². The van der Waals surface area contributed by atoms with Crippen LogP contribution in [0.3, 0.4) is 0 Å². The molecule has 0 spiro atoms. The average molecular weight is 336 g/mol. The zero-order valence-electron chi connectivity index (χ0n) is 12.0. The van der Waals surface area contributed by atoms with Gasteiger partial charge in [-0.25, -0.2) is 4.79 Å². The first-order valence-electron chi connectivity index (χ1n) is 6.90. The number of urea groups is 1. The fourth-order valence-electron chi connectivity index (χ4n) is 2.30. The zero-order valence-corrected chi connectivity index (χ0v) is 12.8. The third-order valence-electron chi connectivity index (χ3n) is 3.53.